The van der Waals surface area contributed by atoms with Crippen LogP contribution in [0, 0.1) is 0 Å². The van der Waals surface area contributed by atoms with E-state index in [0.717, 1.165) is 36.6 Å². The Bertz CT molecular complexity index is 718. The van der Waals surface area contributed by atoms with Gasteiger partial charge in [0.2, 0.25) is 0 Å². The lowest BCUT2D eigenvalue weighted by Crippen LogP contribution is -2.16. The molecule has 136 valence electrons. The molecule has 7 heteroatoms. The Kier molecular flexibility index (Phi) is 6.12. The van der Waals surface area contributed by atoms with Crippen molar-refractivity contribution < 1.29 is 17.9 Å². The number of nitrogens with zero attached hydrogens (tertiary/aromatic N) is 2. The summed E-state index contributed by atoms with van der Waals surface area (Å²) in [4.78, 5) is 4.51. The summed E-state index contributed by atoms with van der Waals surface area (Å²) in [5, 5.41) is 3.35. The number of alkyl halides is 3. The molecule has 2 rings (SSSR count). The normalized spacial score (nSPS) is 12.3. The number of aliphatic imine (C=N–C) groups is 1. The molecule has 0 aliphatic heterocycles. The summed E-state index contributed by atoms with van der Waals surface area (Å²) in [6.07, 6.45) is -1.66. The number of rotatable bonds is 7. The molecule has 0 saturated carbocycles. The van der Waals surface area contributed by atoms with Crippen molar-refractivity contribution in [3.63, 3.8) is 0 Å². The van der Waals surface area contributed by atoms with Crippen LogP contribution in [0.1, 0.15) is 32.8 Å². The molecule has 0 spiro atoms. The van der Waals surface area contributed by atoms with Crippen molar-refractivity contribution in [2.75, 3.05) is 11.9 Å². The first-order valence-corrected chi connectivity index (χ1v) is 8.18. The highest BCUT2D eigenvalue weighted by Crippen LogP contribution is 2.26. The molecule has 0 unspecified atom stereocenters. The van der Waals surface area contributed by atoms with Crippen LogP contribution in [-0.2, 0) is 6.54 Å². The number of ether oxygens (including phenoxy) is 1. The van der Waals surface area contributed by atoms with E-state index in [1.807, 2.05) is 26.1 Å². The Morgan fingerprint density at radius 2 is 1.84 bits per heavy atom. The molecule has 0 atom stereocenters. The van der Waals surface area contributed by atoms with Gasteiger partial charge in [0.05, 0.1) is 5.69 Å². The third-order valence-electron chi connectivity index (χ3n) is 3.53. The van der Waals surface area contributed by atoms with Crippen molar-refractivity contribution in [2.24, 2.45) is 4.99 Å². The molecule has 0 fully saturated rings. The fraction of sp³-hybridized carbons (Fsp3) is 0.389. The lowest BCUT2D eigenvalue weighted by Gasteiger charge is -2.12. The van der Waals surface area contributed by atoms with Crippen molar-refractivity contribution in [1.82, 2.24) is 4.57 Å². The number of hydrogen-bond acceptors (Lipinski definition) is 3. The van der Waals surface area contributed by atoms with Gasteiger partial charge in [-0.2, -0.15) is 0 Å². The summed E-state index contributed by atoms with van der Waals surface area (Å²) in [6.45, 7) is 7.71. The third kappa shape index (κ3) is 5.27. The van der Waals surface area contributed by atoms with Gasteiger partial charge in [-0.15, -0.1) is 13.2 Å². The van der Waals surface area contributed by atoms with Gasteiger partial charge in [-0.05, 0) is 50.6 Å². The van der Waals surface area contributed by atoms with Gasteiger partial charge in [-0.1, -0.05) is 6.92 Å². The van der Waals surface area contributed by atoms with Crippen molar-refractivity contribution in [2.45, 2.75) is 40.1 Å². The van der Waals surface area contributed by atoms with Crippen LogP contribution in [0.2, 0.25) is 0 Å². The van der Waals surface area contributed by atoms with E-state index in [-0.39, 0.29) is 5.75 Å². The number of nitrogens with one attached hydrogen (secondary N) is 1. The molecule has 2 aromatic rings. The maximum atomic E-state index is 12.2. The van der Waals surface area contributed by atoms with Crippen molar-refractivity contribution in [3.05, 3.63) is 42.1 Å². The largest absolute Gasteiger partial charge is 0.573 e. The van der Waals surface area contributed by atoms with Crippen LogP contribution in [0.3, 0.4) is 0 Å². The van der Waals surface area contributed by atoms with E-state index in [2.05, 4.69) is 26.5 Å². The summed E-state index contributed by atoms with van der Waals surface area (Å²) in [6, 6.07) is 7.51. The molecule has 25 heavy (non-hydrogen) atoms. The van der Waals surface area contributed by atoms with E-state index in [0.29, 0.717) is 5.69 Å². The summed E-state index contributed by atoms with van der Waals surface area (Å²) in [5.41, 5.74) is 2.33. The molecule has 1 heterocycles. The van der Waals surface area contributed by atoms with Gasteiger partial charge >= 0.3 is 6.36 Å². The second-order valence-electron chi connectivity index (χ2n) is 5.54. The van der Waals surface area contributed by atoms with Gasteiger partial charge in [0, 0.05) is 30.6 Å². The maximum absolute atomic E-state index is 12.2. The molecule has 4 nitrogen and oxygen atoms in total. The molecule has 1 aromatic heterocycles. The van der Waals surface area contributed by atoms with Crippen LogP contribution in [-0.4, -0.2) is 23.2 Å². The highest BCUT2D eigenvalue weighted by Gasteiger charge is 2.30. The second-order valence-corrected chi connectivity index (χ2v) is 5.54. The van der Waals surface area contributed by atoms with E-state index >= 15 is 0 Å². The molecule has 0 aliphatic rings. The molecule has 0 saturated heterocycles. The van der Waals surface area contributed by atoms with Gasteiger partial charge < -0.3 is 14.6 Å². The predicted molar refractivity (Wildman–Crippen MR) is 93.9 cm³/mol. The first-order valence-electron chi connectivity index (χ1n) is 8.18. The van der Waals surface area contributed by atoms with Crippen LogP contribution >= 0.6 is 0 Å². The number of benzene rings is 1. The van der Waals surface area contributed by atoms with E-state index < -0.39 is 6.36 Å². The Morgan fingerprint density at radius 3 is 2.40 bits per heavy atom. The van der Waals surface area contributed by atoms with Crippen LogP contribution in [0.15, 0.2) is 41.5 Å². The molecule has 1 N–H and O–H groups in total. The first-order chi connectivity index (χ1) is 11.8. The summed E-state index contributed by atoms with van der Waals surface area (Å²) in [7, 11) is 0. The van der Waals surface area contributed by atoms with Gasteiger partial charge in [0.1, 0.15) is 11.6 Å². The minimum atomic E-state index is -4.69. The highest BCUT2D eigenvalue weighted by atomic mass is 19.4. The average molecular weight is 353 g/mol. The molecular weight excluding hydrogens is 331 g/mol. The van der Waals surface area contributed by atoms with E-state index in [9.17, 15) is 13.2 Å². The van der Waals surface area contributed by atoms with E-state index in [4.69, 9.17) is 0 Å². The fourth-order valence-corrected chi connectivity index (χ4v) is 2.53. The Balaban J connectivity index is 2.23. The monoisotopic (exact) mass is 353 g/mol. The Labute approximate surface area is 145 Å². The minimum absolute atomic E-state index is 0.258. The standard InChI is InChI=1S/C18H22F3N3O/c1-4-11-24-12-10-16(17(24)22-5-2)13(3)23-14-6-8-15(9-7-14)25-18(19,20)21/h6-10,12,22H,4-5,11H2,1-3H3. The number of hydrogen-bond donors (Lipinski definition) is 1. The van der Waals surface area contributed by atoms with Crippen LogP contribution in [0.5, 0.6) is 5.75 Å². The fourth-order valence-electron chi connectivity index (χ4n) is 2.53. The van der Waals surface area contributed by atoms with Gasteiger partial charge in [-0.25, -0.2) is 0 Å². The van der Waals surface area contributed by atoms with Crippen molar-refractivity contribution >= 4 is 17.2 Å². The zero-order chi connectivity index (χ0) is 18.4. The van der Waals surface area contributed by atoms with Crippen LogP contribution < -0.4 is 10.1 Å². The predicted octanol–water partition coefficient (Wildman–Crippen LogP) is 5.37. The van der Waals surface area contributed by atoms with Crippen molar-refractivity contribution in [3.8, 4) is 5.75 Å². The smallest absolute Gasteiger partial charge is 0.406 e. The highest BCUT2D eigenvalue weighted by molar-refractivity contribution is 6.04. The SMILES string of the molecule is CCCn1ccc(C(C)=Nc2ccc(OC(F)(F)F)cc2)c1NCC. The van der Waals surface area contributed by atoms with Gasteiger partial charge in [-0.3, -0.25) is 4.99 Å². The quantitative estimate of drug-likeness (QED) is 0.680. The van der Waals surface area contributed by atoms with Crippen LogP contribution in [0.4, 0.5) is 24.7 Å². The van der Waals surface area contributed by atoms with E-state index in [1.54, 1.807) is 0 Å². The third-order valence-corrected chi connectivity index (χ3v) is 3.53. The molecule has 0 amide bonds. The van der Waals surface area contributed by atoms with Crippen molar-refractivity contribution in [1.29, 1.82) is 0 Å². The first kappa shape index (κ1) is 18.9. The Morgan fingerprint density at radius 1 is 1.16 bits per heavy atom. The van der Waals surface area contributed by atoms with Crippen LogP contribution in [0.25, 0.3) is 0 Å². The summed E-state index contributed by atoms with van der Waals surface area (Å²) < 4.78 is 42.6. The summed E-state index contributed by atoms with van der Waals surface area (Å²) in [5.74, 6) is 0.745. The summed E-state index contributed by atoms with van der Waals surface area (Å²) >= 11 is 0. The molecule has 0 aliphatic carbocycles. The molecule has 1 aromatic carbocycles. The number of halogens is 3. The molecular formula is C18H22F3N3O. The van der Waals surface area contributed by atoms with E-state index in [1.165, 1.54) is 24.3 Å². The maximum Gasteiger partial charge on any atom is 0.573 e. The number of aryl methyl sites for hydroxylation is 1. The van der Waals surface area contributed by atoms with Gasteiger partial charge in [0.25, 0.3) is 0 Å². The lowest BCUT2D eigenvalue weighted by atomic mass is 10.2. The zero-order valence-corrected chi connectivity index (χ0v) is 14.5. The molecule has 0 radical (unpaired) electrons. The van der Waals surface area contributed by atoms with Gasteiger partial charge in [0.15, 0.2) is 0 Å². The second kappa shape index (κ2) is 8.09. The zero-order valence-electron chi connectivity index (χ0n) is 14.5. The lowest BCUT2D eigenvalue weighted by molar-refractivity contribution is -0.274. The topological polar surface area (TPSA) is 38.5 Å². The minimum Gasteiger partial charge on any atom is -0.406 e. The number of anilines is 1. The Hall–Kier alpha value is -2.44. The molecule has 0 bridgehead atoms. The number of aromatic nitrogens is 1. The average Bonchev–Trinajstić information content (AvgIpc) is 2.92.